The van der Waals surface area contributed by atoms with Crippen molar-refractivity contribution >= 4 is 28.4 Å². The Balaban J connectivity index is 1.57. The van der Waals surface area contributed by atoms with E-state index in [1.807, 2.05) is 36.5 Å². The first-order valence-electron chi connectivity index (χ1n) is 7.47. The molecular formula is C17H16ClN3O. The first kappa shape index (κ1) is 13.6. The molecule has 4 rings (SSSR count). The fourth-order valence-electron chi connectivity index (χ4n) is 2.53. The second-order valence-corrected chi connectivity index (χ2v) is 6.21. The molecule has 0 radical (unpaired) electrons. The molecule has 1 aliphatic rings. The van der Waals surface area contributed by atoms with E-state index in [0.717, 1.165) is 28.4 Å². The summed E-state index contributed by atoms with van der Waals surface area (Å²) >= 11 is 6.02. The Morgan fingerprint density at radius 2 is 2.14 bits per heavy atom. The van der Waals surface area contributed by atoms with Crippen molar-refractivity contribution in [2.45, 2.75) is 31.7 Å². The predicted octanol–water partition coefficient (Wildman–Crippen LogP) is 4.93. The van der Waals surface area contributed by atoms with Gasteiger partial charge in [0.15, 0.2) is 0 Å². The van der Waals surface area contributed by atoms with Gasteiger partial charge in [-0.15, -0.1) is 0 Å². The average molecular weight is 314 g/mol. The lowest BCUT2D eigenvalue weighted by molar-refractivity contribution is 0.525. The summed E-state index contributed by atoms with van der Waals surface area (Å²) in [5.41, 5.74) is 0.842. The van der Waals surface area contributed by atoms with Crippen molar-refractivity contribution in [2.75, 3.05) is 5.32 Å². The molecule has 0 saturated heterocycles. The first-order valence-corrected chi connectivity index (χ1v) is 7.85. The molecule has 112 valence electrons. The molecule has 1 saturated carbocycles. The third-order valence-corrected chi connectivity index (χ3v) is 4.14. The van der Waals surface area contributed by atoms with E-state index in [9.17, 15) is 0 Å². The second kappa shape index (κ2) is 5.29. The summed E-state index contributed by atoms with van der Waals surface area (Å²) in [6, 6.07) is 9.56. The molecule has 0 aliphatic heterocycles. The highest BCUT2D eigenvalue weighted by Crippen LogP contribution is 2.38. The molecule has 1 N–H and O–H groups in total. The molecule has 1 fully saturated rings. The van der Waals surface area contributed by atoms with Crippen LogP contribution in [0.1, 0.15) is 43.3 Å². The minimum Gasteiger partial charge on any atom is -0.459 e. The number of nitrogens with one attached hydrogen (secondary N) is 1. The van der Waals surface area contributed by atoms with E-state index in [1.165, 1.54) is 12.8 Å². The predicted molar refractivity (Wildman–Crippen MR) is 87.3 cm³/mol. The Hall–Kier alpha value is -2.07. The normalized spacial score (nSPS) is 15.9. The number of nitrogens with zero attached hydrogens (tertiary/aromatic N) is 2. The van der Waals surface area contributed by atoms with E-state index in [2.05, 4.69) is 22.2 Å². The molecule has 0 spiro atoms. The quantitative estimate of drug-likeness (QED) is 0.742. The van der Waals surface area contributed by atoms with Gasteiger partial charge in [0.05, 0.1) is 6.04 Å². The third-order valence-electron chi connectivity index (χ3n) is 3.91. The van der Waals surface area contributed by atoms with Crippen molar-refractivity contribution in [2.24, 2.45) is 0 Å². The fourth-order valence-corrected chi connectivity index (χ4v) is 2.71. The lowest BCUT2D eigenvalue weighted by atomic mass is 10.2. The smallest absolute Gasteiger partial charge is 0.134 e. The molecule has 22 heavy (non-hydrogen) atoms. The van der Waals surface area contributed by atoms with Crippen LogP contribution >= 0.6 is 11.6 Å². The van der Waals surface area contributed by atoms with E-state index in [-0.39, 0.29) is 6.04 Å². The molecule has 1 aliphatic carbocycles. The number of furan rings is 1. The van der Waals surface area contributed by atoms with Crippen molar-refractivity contribution in [1.29, 1.82) is 0 Å². The number of hydrogen-bond donors (Lipinski definition) is 1. The van der Waals surface area contributed by atoms with Gasteiger partial charge in [0.25, 0.3) is 0 Å². The van der Waals surface area contributed by atoms with Crippen LogP contribution in [0, 0.1) is 0 Å². The summed E-state index contributed by atoms with van der Waals surface area (Å²) in [7, 11) is 0. The van der Waals surface area contributed by atoms with Crippen LogP contribution in [0.25, 0.3) is 11.0 Å². The maximum atomic E-state index is 6.02. The molecule has 4 nitrogen and oxygen atoms in total. The Morgan fingerprint density at radius 1 is 1.27 bits per heavy atom. The molecule has 0 bridgehead atoms. The van der Waals surface area contributed by atoms with Gasteiger partial charge in [0.2, 0.25) is 0 Å². The maximum absolute atomic E-state index is 6.02. The highest BCUT2D eigenvalue weighted by molar-refractivity contribution is 6.31. The topological polar surface area (TPSA) is 51.0 Å². The zero-order valence-corrected chi connectivity index (χ0v) is 13.0. The Morgan fingerprint density at radius 3 is 2.95 bits per heavy atom. The first-order chi connectivity index (χ1) is 10.7. The average Bonchev–Trinajstić information content (AvgIpc) is 3.27. The van der Waals surface area contributed by atoms with Crippen molar-refractivity contribution in [1.82, 2.24) is 9.97 Å². The van der Waals surface area contributed by atoms with Gasteiger partial charge in [0, 0.05) is 22.5 Å². The summed E-state index contributed by atoms with van der Waals surface area (Å²) in [6.45, 7) is 2.05. The molecule has 1 aromatic carbocycles. The molecule has 0 amide bonds. The van der Waals surface area contributed by atoms with Crippen LogP contribution in [-0.4, -0.2) is 9.97 Å². The van der Waals surface area contributed by atoms with Gasteiger partial charge in [-0.25, -0.2) is 9.97 Å². The number of halogens is 1. The maximum Gasteiger partial charge on any atom is 0.134 e. The van der Waals surface area contributed by atoms with Crippen LogP contribution in [0.4, 0.5) is 5.82 Å². The van der Waals surface area contributed by atoms with E-state index in [4.69, 9.17) is 16.0 Å². The molecular weight excluding hydrogens is 298 g/mol. The highest BCUT2D eigenvalue weighted by Gasteiger charge is 2.26. The number of rotatable bonds is 4. The lowest BCUT2D eigenvalue weighted by Gasteiger charge is -2.12. The van der Waals surface area contributed by atoms with E-state index in [1.54, 1.807) is 0 Å². The van der Waals surface area contributed by atoms with Crippen molar-refractivity contribution in [3.05, 3.63) is 53.1 Å². The fraction of sp³-hybridized carbons (Fsp3) is 0.294. The van der Waals surface area contributed by atoms with Crippen LogP contribution < -0.4 is 5.32 Å². The van der Waals surface area contributed by atoms with Gasteiger partial charge >= 0.3 is 0 Å². The summed E-state index contributed by atoms with van der Waals surface area (Å²) in [5, 5.41) is 5.10. The van der Waals surface area contributed by atoms with Gasteiger partial charge in [-0.1, -0.05) is 11.6 Å². The van der Waals surface area contributed by atoms with Crippen molar-refractivity contribution in [3.63, 3.8) is 0 Å². The number of aromatic nitrogens is 2. The summed E-state index contributed by atoms with van der Waals surface area (Å²) < 4.78 is 5.88. The molecule has 5 heteroatoms. The van der Waals surface area contributed by atoms with Crippen LogP contribution in [0.2, 0.25) is 5.02 Å². The summed E-state index contributed by atoms with van der Waals surface area (Å²) in [5.74, 6) is 3.19. The molecule has 2 aromatic heterocycles. The van der Waals surface area contributed by atoms with Crippen LogP contribution in [0.5, 0.6) is 0 Å². The van der Waals surface area contributed by atoms with E-state index < -0.39 is 0 Å². The number of benzene rings is 1. The van der Waals surface area contributed by atoms with Gasteiger partial charge in [0.1, 0.15) is 23.0 Å². The van der Waals surface area contributed by atoms with Crippen LogP contribution in [0.15, 0.2) is 40.9 Å². The van der Waals surface area contributed by atoms with Gasteiger partial charge in [-0.05, 0) is 50.1 Å². The highest BCUT2D eigenvalue weighted by atomic mass is 35.5. The van der Waals surface area contributed by atoms with Gasteiger partial charge < -0.3 is 9.73 Å². The molecule has 3 aromatic rings. The van der Waals surface area contributed by atoms with Crippen LogP contribution in [-0.2, 0) is 0 Å². The Kier molecular flexibility index (Phi) is 3.26. The largest absolute Gasteiger partial charge is 0.459 e. The number of hydrogen-bond acceptors (Lipinski definition) is 4. The van der Waals surface area contributed by atoms with Gasteiger partial charge in [-0.3, -0.25) is 0 Å². The van der Waals surface area contributed by atoms with E-state index in [0.29, 0.717) is 10.9 Å². The number of anilines is 1. The Labute approximate surface area is 133 Å². The Bertz CT molecular complexity index is 826. The SMILES string of the molecule is CC(Nc1ccnc(C2CC2)n1)c1cc2cc(Cl)ccc2o1. The number of fused-ring (bicyclic) bond motifs is 1. The molecule has 1 atom stereocenters. The van der Waals surface area contributed by atoms with Gasteiger partial charge in [-0.2, -0.15) is 0 Å². The summed E-state index contributed by atoms with van der Waals surface area (Å²) in [6.07, 6.45) is 4.21. The monoisotopic (exact) mass is 313 g/mol. The zero-order valence-electron chi connectivity index (χ0n) is 12.2. The second-order valence-electron chi connectivity index (χ2n) is 5.77. The molecule has 2 heterocycles. The summed E-state index contributed by atoms with van der Waals surface area (Å²) in [4.78, 5) is 8.92. The van der Waals surface area contributed by atoms with E-state index >= 15 is 0 Å². The van der Waals surface area contributed by atoms with Crippen molar-refractivity contribution < 1.29 is 4.42 Å². The molecule has 1 unspecified atom stereocenters. The van der Waals surface area contributed by atoms with Crippen molar-refractivity contribution in [3.8, 4) is 0 Å². The standard InChI is InChI=1S/C17H16ClN3O/c1-10(15-9-12-8-13(18)4-5-14(12)22-15)20-16-6-7-19-17(21-16)11-2-3-11/h4-11H,2-3H2,1H3,(H,19,20,21). The minimum absolute atomic E-state index is 0.0214. The van der Waals surface area contributed by atoms with Crippen LogP contribution in [0.3, 0.4) is 0 Å². The third kappa shape index (κ3) is 2.66. The zero-order chi connectivity index (χ0) is 15.1. The minimum atomic E-state index is 0.0214. The lowest BCUT2D eigenvalue weighted by Crippen LogP contribution is -2.08.